The lowest BCUT2D eigenvalue weighted by Gasteiger charge is -2.20. The minimum Gasteiger partial charge on any atom is -0.256 e. The third-order valence-electron chi connectivity index (χ3n) is 9.46. The van der Waals surface area contributed by atoms with E-state index in [9.17, 15) is 0 Å². The Morgan fingerprint density at radius 3 is 1.27 bits per heavy atom. The van der Waals surface area contributed by atoms with E-state index in [0.29, 0.717) is 0 Å². The molecule has 0 N–H and O–H groups in total. The Morgan fingerprint density at radius 1 is 0.354 bits per heavy atom. The smallest absolute Gasteiger partial charge is 0.0780 e. The average molecular weight is 622 g/mol. The summed E-state index contributed by atoms with van der Waals surface area (Å²) in [7, 11) is 0. The van der Waals surface area contributed by atoms with Gasteiger partial charge in [-0.3, -0.25) is 4.98 Å². The maximum atomic E-state index is 4.77. The van der Waals surface area contributed by atoms with Crippen molar-refractivity contribution < 1.29 is 0 Å². The molecule has 236 valence electrons. The van der Waals surface area contributed by atoms with Crippen molar-refractivity contribution in [2.45, 2.75) is 52.4 Å². The van der Waals surface area contributed by atoms with Crippen LogP contribution in [0.15, 0.2) is 152 Å². The zero-order valence-corrected chi connectivity index (χ0v) is 28.9. The van der Waals surface area contributed by atoms with Crippen molar-refractivity contribution in [1.29, 1.82) is 0 Å². The maximum Gasteiger partial charge on any atom is 0.0780 e. The molecular formula is C47H43N. The van der Waals surface area contributed by atoms with Gasteiger partial charge in [0.25, 0.3) is 0 Å². The molecule has 1 heteroatoms. The number of rotatable bonds is 5. The Bertz CT molecular complexity index is 2120. The van der Waals surface area contributed by atoms with Gasteiger partial charge in [-0.1, -0.05) is 157 Å². The Morgan fingerprint density at radius 2 is 0.771 bits per heavy atom. The lowest BCUT2D eigenvalue weighted by Crippen LogP contribution is -2.10. The summed E-state index contributed by atoms with van der Waals surface area (Å²) in [5, 5.41) is 2.37. The number of nitrogens with zero attached hydrogens (tertiary/aromatic N) is 1. The Kier molecular flexibility index (Phi) is 8.09. The Hall–Kier alpha value is -5.27. The van der Waals surface area contributed by atoms with Gasteiger partial charge in [-0.2, -0.15) is 0 Å². The van der Waals surface area contributed by atoms with Crippen LogP contribution in [-0.2, 0) is 10.8 Å². The zero-order chi connectivity index (χ0) is 33.5. The van der Waals surface area contributed by atoms with Crippen molar-refractivity contribution >= 4 is 10.8 Å². The van der Waals surface area contributed by atoms with Gasteiger partial charge >= 0.3 is 0 Å². The van der Waals surface area contributed by atoms with Crippen molar-refractivity contribution in [3.05, 3.63) is 163 Å². The van der Waals surface area contributed by atoms with Crippen molar-refractivity contribution in [2.75, 3.05) is 0 Å². The summed E-state index contributed by atoms with van der Waals surface area (Å²) in [6.07, 6.45) is 1.90. The first-order chi connectivity index (χ1) is 23.0. The van der Waals surface area contributed by atoms with Gasteiger partial charge in [-0.25, -0.2) is 0 Å². The lowest BCUT2D eigenvalue weighted by atomic mass is 9.85. The zero-order valence-electron chi connectivity index (χ0n) is 28.9. The summed E-state index contributed by atoms with van der Waals surface area (Å²) in [5.41, 5.74) is 14.8. The second-order valence-electron chi connectivity index (χ2n) is 15.0. The normalized spacial score (nSPS) is 12.0. The van der Waals surface area contributed by atoms with Crippen molar-refractivity contribution in [1.82, 2.24) is 4.98 Å². The molecule has 0 fully saturated rings. The molecule has 0 aliphatic carbocycles. The van der Waals surface area contributed by atoms with E-state index in [2.05, 4.69) is 187 Å². The molecule has 0 unspecified atom stereocenters. The van der Waals surface area contributed by atoms with Crippen LogP contribution in [0.2, 0.25) is 0 Å². The fourth-order valence-electron chi connectivity index (χ4n) is 6.50. The summed E-state index contributed by atoms with van der Waals surface area (Å²) in [4.78, 5) is 4.77. The Balaban J connectivity index is 1.26. The largest absolute Gasteiger partial charge is 0.256 e. The molecule has 0 radical (unpaired) electrons. The molecule has 6 aromatic carbocycles. The molecule has 0 atom stereocenters. The predicted octanol–water partition coefficient (Wildman–Crippen LogP) is 13.2. The van der Waals surface area contributed by atoms with Gasteiger partial charge in [-0.05, 0) is 102 Å². The highest BCUT2D eigenvalue weighted by Gasteiger charge is 2.16. The number of pyridine rings is 1. The van der Waals surface area contributed by atoms with E-state index in [0.717, 1.165) is 11.3 Å². The second-order valence-corrected chi connectivity index (χ2v) is 15.0. The van der Waals surface area contributed by atoms with Gasteiger partial charge in [0.15, 0.2) is 0 Å². The minimum absolute atomic E-state index is 0.118. The molecular weight excluding hydrogens is 579 g/mol. The average Bonchev–Trinajstić information content (AvgIpc) is 3.11. The van der Waals surface area contributed by atoms with Gasteiger partial charge in [-0.15, -0.1) is 0 Å². The van der Waals surface area contributed by atoms with Crippen LogP contribution in [0.25, 0.3) is 66.5 Å². The van der Waals surface area contributed by atoms with E-state index in [1.165, 1.54) is 66.4 Å². The van der Waals surface area contributed by atoms with Gasteiger partial charge in [0, 0.05) is 17.1 Å². The first-order valence-electron chi connectivity index (χ1n) is 16.9. The fourth-order valence-corrected chi connectivity index (χ4v) is 6.50. The first kappa shape index (κ1) is 31.3. The molecule has 1 nitrogen and oxygen atoms in total. The molecule has 0 spiro atoms. The fraction of sp³-hybridized carbons (Fsp3) is 0.170. The SMILES string of the molecule is CC(C)(C)c1ccc(-c2cc(-c3ccc(-c4cccc(-c5nccc6ccccc56)c4)cc3)cc(-c3ccc(C(C)(C)C)cc3)c2)cc1. The highest BCUT2D eigenvalue weighted by atomic mass is 14.7. The van der Waals surface area contributed by atoms with Crippen LogP contribution in [0, 0.1) is 0 Å². The van der Waals surface area contributed by atoms with E-state index in [1.807, 2.05) is 6.20 Å². The summed E-state index contributed by atoms with van der Waals surface area (Å²) < 4.78 is 0. The number of fused-ring (bicyclic) bond motifs is 1. The van der Waals surface area contributed by atoms with E-state index < -0.39 is 0 Å². The van der Waals surface area contributed by atoms with Gasteiger partial charge in [0.2, 0.25) is 0 Å². The number of hydrogen-bond acceptors (Lipinski definition) is 1. The first-order valence-corrected chi connectivity index (χ1v) is 16.9. The van der Waals surface area contributed by atoms with Gasteiger partial charge in [0.05, 0.1) is 5.69 Å². The maximum absolute atomic E-state index is 4.77. The molecule has 7 aromatic rings. The molecule has 0 saturated carbocycles. The van der Waals surface area contributed by atoms with Gasteiger partial charge < -0.3 is 0 Å². The van der Waals surface area contributed by atoms with E-state index in [1.54, 1.807) is 0 Å². The topological polar surface area (TPSA) is 12.9 Å². The minimum atomic E-state index is 0.118. The van der Waals surface area contributed by atoms with Crippen LogP contribution in [-0.4, -0.2) is 4.98 Å². The number of hydrogen-bond donors (Lipinski definition) is 0. The standard InChI is InChI=1S/C47H43N/c1-46(2,3)42-22-18-34(19-23-42)40-29-39(30-41(31-40)35-20-24-43(25-21-35)47(4,5)6)33-16-14-32(15-17-33)37-11-9-12-38(28-37)45-44-13-8-7-10-36(44)26-27-48-45/h7-31H,1-6H3. The molecule has 0 aliphatic rings. The molecule has 7 rings (SSSR count). The van der Waals surface area contributed by atoms with Crippen LogP contribution >= 0.6 is 0 Å². The quantitative estimate of drug-likeness (QED) is 0.186. The highest BCUT2D eigenvalue weighted by Crippen LogP contribution is 2.36. The monoisotopic (exact) mass is 621 g/mol. The molecule has 48 heavy (non-hydrogen) atoms. The molecule has 0 bridgehead atoms. The lowest BCUT2D eigenvalue weighted by molar-refractivity contribution is 0.590. The van der Waals surface area contributed by atoms with Gasteiger partial charge in [0.1, 0.15) is 0 Å². The third kappa shape index (κ3) is 6.46. The summed E-state index contributed by atoms with van der Waals surface area (Å²) in [5.74, 6) is 0. The molecule has 0 aliphatic heterocycles. The van der Waals surface area contributed by atoms with Crippen LogP contribution in [0.3, 0.4) is 0 Å². The van der Waals surface area contributed by atoms with E-state index in [-0.39, 0.29) is 10.8 Å². The number of aromatic nitrogens is 1. The summed E-state index contributed by atoms with van der Waals surface area (Å²) in [6, 6.07) is 53.4. The molecule has 1 aromatic heterocycles. The van der Waals surface area contributed by atoms with E-state index in [4.69, 9.17) is 4.98 Å². The number of benzene rings is 6. The predicted molar refractivity (Wildman–Crippen MR) is 206 cm³/mol. The second kappa shape index (κ2) is 12.4. The summed E-state index contributed by atoms with van der Waals surface area (Å²) >= 11 is 0. The van der Waals surface area contributed by atoms with Crippen LogP contribution < -0.4 is 0 Å². The van der Waals surface area contributed by atoms with Crippen LogP contribution in [0.4, 0.5) is 0 Å². The molecule has 0 amide bonds. The molecule has 1 heterocycles. The van der Waals surface area contributed by atoms with Crippen LogP contribution in [0.1, 0.15) is 52.7 Å². The summed E-state index contributed by atoms with van der Waals surface area (Å²) in [6.45, 7) is 13.6. The van der Waals surface area contributed by atoms with Crippen molar-refractivity contribution in [2.24, 2.45) is 0 Å². The third-order valence-corrected chi connectivity index (χ3v) is 9.46. The van der Waals surface area contributed by atoms with Crippen molar-refractivity contribution in [3.8, 4) is 55.8 Å². The Labute approximate surface area is 286 Å². The van der Waals surface area contributed by atoms with E-state index >= 15 is 0 Å². The van der Waals surface area contributed by atoms with Crippen LogP contribution in [0.5, 0.6) is 0 Å². The highest BCUT2D eigenvalue weighted by molar-refractivity contribution is 5.95. The van der Waals surface area contributed by atoms with Crippen molar-refractivity contribution in [3.63, 3.8) is 0 Å². The molecule has 0 saturated heterocycles.